The van der Waals surface area contributed by atoms with Crippen LogP contribution in [0.2, 0.25) is 5.02 Å². The number of anilines is 2. The van der Waals surface area contributed by atoms with E-state index in [0.29, 0.717) is 17.8 Å². The molecule has 0 saturated carbocycles. The van der Waals surface area contributed by atoms with Gasteiger partial charge in [-0.3, -0.25) is 14.5 Å². The molecular weight excluding hydrogens is 553 g/mol. The quantitative estimate of drug-likeness (QED) is 0.281. The fourth-order valence-electron chi connectivity index (χ4n) is 5.84. The summed E-state index contributed by atoms with van der Waals surface area (Å²) in [6.45, 7) is 2.48. The smallest absolute Gasteiger partial charge is 0.355 e. The molecule has 2 saturated heterocycles. The second kappa shape index (κ2) is 12.1. The number of benzene rings is 3. The molecule has 3 N–H and O–H groups in total. The van der Waals surface area contributed by atoms with Gasteiger partial charge in [0.05, 0.1) is 16.8 Å². The first-order valence-electron chi connectivity index (χ1n) is 13.7. The number of hydrogen-bond acceptors (Lipinski definition) is 4. The van der Waals surface area contributed by atoms with Crippen molar-refractivity contribution < 1.29 is 22.8 Å². The van der Waals surface area contributed by atoms with Crippen LogP contribution in [0.25, 0.3) is 0 Å². The Morgan fingerprint density at radius 3 is 2.34 bits per heavy atom. The summed E-state index contributed by atoms with van der Waals surface area (Å²) in [6, 6.07) is 19.2. The number of piperidine rings is 1. The van der Waals surface area contributed by atoms with Crippen molar-refractivity contribution in [1.29, 1.82) is 0 Å². The second-order valence-corrected chi connectivity index (χ2v) is 11.2. The molecule has 5 rings (SSSR count). The normalized spacial score (nSPS) is 21.2. The van der Waals surface area contributed by atoms with Gasteiger partial charge < -0.3 is 16.0 Å². The van der Waals surface area contributed by atoms with E-state index in [0.717, 1.165) is 49.4 Å². The maximum absolute atomic E-state index is 13.1. The summed E-state index contributed by atoms with van der Waals surface area (Å²) in [5, 5.41) is 9.48. The minimum absolute atomic E-state index is 0.0238. The topological polar surface area (TPSA) is 73.5 Å². The van der Waals surface area contributed by atoms with E-state index in [9.17, 15) is 22.8 Å². The van der Waals surface area contributed by atoms with Crippen molar-refractivity contribution in [3.05, 3.63) is 94.5 Å². The van der Waals surface area contributed by atoms with Crippen molar-refractivity contribution in [2.75, 3.05) is 5.32 Å². The Balaban J connectivity index is 1.17. The molecule has 2 bridgehead atoms. The van der Waals surface area contributed by atoms with E-state index >= 15 is 0 Å². The highest BCUT2D eigenvalue weighted by Gasteiger charge is 2.41. The van der Waals surface area contributed by atoms with Crippen LogP contribution in [0.1, 0.15) is 54.1 Å². The zero-order valence-electron chi connectivity index (χ0n) is 22.5. The Kier molecular flexibility index (Phi) is 8.56. The number of nitrogens with one attached hydrogen (secondary N) is 3. The largest absolute Gasteiger partial charge is 0.416 e. The van der Waals surface area contributed by atoms with Crippen LogP contribution in [0.5, 0.6) is 0 Å². The highest BCUT2D eigenvalue weighted by molar-refractivity contribution is 6.30. The van der Waals surface area contributed by atoms with E-state index in [2.05, 4.69) is 20.9 Å². The Bertz CT molecular complexity index is 1380. The second-order valence-electron chi connectivity index (χ2n) is 10.8. The zero-order chi connectivity index (χ0) is 29.1. The van der Waals surface area contributed by atoms with Crippen LogP contribution in [-0.4, -0.2) is 40.9 Å². The first-order valence-corrected chi connectivity index (χ1v) is 14.1. The lowest BCUT2D eigenvalue weighted by Gasteiger charge is -2.39. The van der Waals surface area contributed by atoms with Crippen molar-refractivity contribution >= 4 is 34.8 Å². The molecule has 2 aliphatic heterocycles. The molecule has 0 radical (unpaired) electrons. The molecule has 6 nitrogen and oxygen atoms in total. The van der Waals surface area contributed by atoms with Gasteiger partial charge in [-0.25, -0.2) is 0 Å². The molecule has 216 valence electrons. The number of fused-ring (bicyclic) bond motifs is 2. The molecule has 10 heteroatoms. The molecule has 2 amide bonds. The summed E-state index contributed by atoms with van der Waals surface area (Å²) in [4.78, 5) is 28.7. The number of alkyl halides is 3. The number of nitrogens with zero attached hydrogens (tertiary/aromatic N) is 1. The fourth-order valence-corrected chi connectivity index (χ4v) is 5.96. The van der Waals surface area contributed by atoms with Crippen molar-refractivity contribution in [2.24, 2.45) is 0 Å². The van der Waals surface area contributed by atoms with Crippen LogP contribution in [0.15, 0.2) is 72.8 Å². The lowest BCUT2D eigenvalue weighted by Crippen LogP contribution is -2.53. The van der Waals surface area contributed by atoms with E-state index in [4.69, 9.17) is 11.6 Å². The van der Waals surface area contributed by atoms with Gasteiger partial charge in [-0.1, -0.05) is 41.9 Å². The number of hydrogen-bond donors (Lipinski definition) is 3. The third kappa shape index (κ3) is 7.02. The molecule has 3 aromatic carbocycles. The van der Waals surface area contributed by atoms with E-state index in [1.165, 1.54) is 17.7 Å². The number of carbonyl (C=O) groups is 2. The van der Waals surface area contributed by atoms with Crippen LogP contribution in [0, 0.1) is 0 Å². The molecule has 41 heavy (non-hydrogen) atoms. The average Bonchev–Trinajstić information content (AvgIpc) is 3.16. The van der Waals surface area contributed by atoms with Crippen molar-refractivity contribution in [1.82, 2.24) is 15.5 Å². The van der Waals surface area contributed by atoms with Gasteiger partial charge in [0, 0.05) is 35.4 Å². The van der Waals surface area contributed by atoms with E-state index < -0.39 is 23.7 Å². The minimum atomic E-state index is -4.48. The summed E-state index contributed by atoms with van der Waals surface area (Å²) in [5.41, 5.74) is 1.18. The number of rotatable bonds is 8. The summed E-state index contributed by atoms with van der Waals surface area (Å²) in [5.74, 6) is -0.766. The molecule has 2 aliphatic rings. The summed E-state index contributed by atoms with van der Waals surface area (Å²) in [7, 11) is 0. The molecule has 0 aromatic heterocycles. The molecular formula is C31H32ClF3N4O2. The van der Waals surface area contributed by atoms with Gasteiger partial charge in [0.1, 0.15) is 6.04 Å². The van der Waals surface area contributed by atoms with Crippen LogP contribution in [0.4, 0.5) is 24.5 Å². The molecule has 0 unspecified atom stereocenters. The van der Waals surface area contributed by atoms with Gasteiger partial charge in [0.2, 0.25) is 5.91 Å². The molecule has 0 aliphatic carbocycles. The lowest BCUT2D eigenvalue weighted by molar-refractivity contribution is -0.137. The van der Waals surface area contributed by atoms with Crippen LogP contribution < -0.4 is 16.0 Å². The fraction of sp³-hybridized carbons (Fsp3) is 0.355. The first kappa shape index (κ1) is 29.0. The maximum atomic E-state index is 13.1. The van der Waals surface area contributed by atoms with E-state index in [-0.39, 0.29) is 23.2 Å². The summed E-state index contributed by atoms with van der Waals surface area (Å²) < 4.78 is 39.4. The summed E-state index contributed by atoms with van der Waals surface area (Å²) in [6.07, 6.45) is -0.607. The molecule has 2 fully saturated rings. The van der Waals surface area contributed by atoms with Gasteiger partial charge >= 0.3 is 6.18 Å². The predicted molar refractivity (Wildman–Crippen MR) is 153 cm³/mol. The van der Waals surface area contributed by atoms with Gasteiger partial charge in [-0.15, -0.1) is 0 Å². The van der Waals surface area contributed by atoms with Crippen LogP contribution >= 0.6 is 11.6 Å². The first-order chi connectivity index (χ1) is 19.6. The number of amides is 2. The van der Waals surface area contributed by atoms with Gasteiger partial charge in [0.25, 0.3) is 5.91 Å². The Hall–Kier alpha value is -3.56. The summed E-state index contributed by atoms with van der Waals surface area (Å²) >= 11 is 6.03. The molecule has 2 heterocycles. The number of halogens is 4. The number of para-hydroxylation sites is 1. The molecule has 4 atom stereocenters. The molecule has 0 spiro atoms. The van der Waals surface area contributed by atoms with E-state index in [1.807, 2.05) is 24.3 Å². The predicted octanol–water partition coefficient (Wildman–Crippen LogP) is 6.53. The Morgan fingerprint density at radius 2 is 1.66 bits per heavy atom. The van der Waals surface area contributed by atoms with Gasteiger partial charge in [0.15, 0.2) is 0 Å². The Labute approximate surface area is 242 Å². The highest BCUT2D eigenvalue weighted by Crippen LogP contribution is 2.37. The lowest BCUT2D eigenvalue weighted by atomic mass is 9.96. The monoisotopic (exact) mass is 584 g/mol. The third-order valence-electron chi connectivity index (χ3n) is 7.89. The van der Waals surface area contributed by atoms with Gasteiger partial charge in [-0.2, -0.15) is 13.2 Å². The van der Waals surface area contributed by atoms with E-state index in [1.54, 1.807) is 31.2 Å². The number of carbonyl (C=O) groups excluding carboxylic acids is 2. The zero-order valence-corrected chi connectivity index (χ0v) is 23.3. The standard InChI is InChI=1S/C31H32ClF3N4O2/c1-19(29(40)38-24-16-25-13-14-26(17-24)39(25)18-20-9-11-22(32)12-10-20)36-30(41)27-7-2-3-8-28(27)37-23-6-4-5-21(15-23)31(33,34)35/h2-12,15,19,24-26,37H,13-14,16-18H2,1H3,(H,36,41)(H,38,40)/t19-,24-,25-,26+/m0/s1. The average molecular weight is 585 g/mol. The SMILES string of the molecule is C[C@H](NC(=O)c1ccccc1Nc1cccc(C(F)(F)F)c1)C(=O)N[C@@H]1C[C@H]2CC[C@@H](C1)N2Cc1ccc(Cl)cc1. The minimum Gasteiger partial charge on any atom is -0.355 e. The van der Waals surface area contributed by atoms with Crippen molar-refractivity contribution in [2.45, 2.75) is 69.5 Å². The van der Waals surface area contributed by atoms with Gasteiger partial charge in [-0.05, 0) is 80.6 Å². The maximum Gasteiger partial charge on any atom is 0.416 e. The third-order valence-corrected chi connectivity index (χ3v) is 8.14. The highest BCUT2D eigenvalue weighted by atomic mass is 35.5. The Morgan fingerprint density at radius 1 is 0.976 bits per heavy atom. The van der Waals surface area contributed by atoms with Crippen molar-refractivity contribution in [3.63, 3.8) is 0 Å². The molecule has 3 aromatic rings. The van der Waals surface area contributed by atoms with Crippen LogP contribution in [-0.2, 0) is 17.5 Å². The van der Waals surface area contributed by atoms with Crippen LogP contribution in [0.3, 0.4) is 0 Å². The van der Waals surface area contributed by atoms with Crippen molar-refractivity contribution in [3.8, 4) is 0 Å².